The highest BCUT2D eigenvalue weighted by Gasteiger charge is 2.09. The minimum Gasteiger partial charge on any atom is -0.324 e. The van der Waals surface area contributed by atoms with Crippen molar-refractivity contribution in [2.75, 3.05) is 0 Å². The molecule has 0 spiro atoms. The molecule has 0 bridgehead atoms. The van der Waals surface area contributed by atoms with Gasteiger partial charge in [0.25, 0.3) is 0 Å². The van der Waals surface area contributed by atoms with Crippen LogP contribution in [0.2, 0.25) is 5.02 Å². The van der Waals surface area contributed by atoms with Crippen molar-refractivity contribution in [1.82, 2.24) is 0 Å². The molecular weight excluding hydrogens is 249 g/mol. The second-order valence-corrected chi connectivity index (χ2v) is 4.01. The Balaban J connectivity index is 3.00. The Morgan fingerprint density at radius 2 is 2.31 bits per heavy atom. The molecule has 0 aliphatic rings. The molecule has 1 unspecified atom stereocenters. The lowest BCUT2D eigenvalue weighted by atomic mass is 10.1. The molecule has 1 aromatic carbocycles. The summed E-state index contributed by atoms with van der Waals surface area (Å²) in [6.07, 6.45) is 2.53. The zero-order valence-electron chi connectivity index (χ0n) is 7.13. The summed E-state index contributed by atoms with van der Waals surface area (Å²) in [6.45, 7) is 3.64. The molecule has 0 aliphatic carbocycles. The predicted octanol–water partition coefficient (Wildman–Crippen LogP) is 3.68. The molecule has 0 saturated heterocycles. The van der Waals surface area contributed by atoms with Crippen LogP contribution >= 0.6 is 27.5 Å². The topological polar surface area (TPSA) is 26.0 Å². The van der Waals surface area contributed by atoms with E-state index in [2.05, 4.69) is 22.5 Å². The van der Waals surface area contributed by atoms with Crippen LogP contribution in [0.3, 0.4) is 0 Å². The summed E-state index contributed by atoms with van der Waals surface area (Å²) >= 11 is 9.41. The SMILES string of the molecule is C=CCC(N)c1cccc(Br)c1Cl. The van der Waals surface area contributed by atoms with Gasteiger partial charge in [0.15, 0.2) is 0 Å². The van der Waals surface area contributed by atoms with Crippen molar-refractivity contribution in [2.45, 2.75) is 12.5 Å². The van der Waals surface area contributed by atoms with Crippen LogP contribution < -0.4 is 5.73 Å². The van der Waals surface area contributed by atoms with Crippen LogP contribution in [0.4, 0.5) is 0 Å². The molecule has 0 aliphatic heterocycles. The third kappa shape index (κ3) is 2.56. The van der Waals surface area contributed by atoms with Gasteiger partial charge in [0.2, 0.25) is 0 Å². The Bertz CT molecular complexity index is 312. The van der Waals surface area contributed by atoms with E-state index in [9.17, 15) is 0 Å². The van der Waals surface area contributed by atoms with Crippen LogP contribution in [0, 0.1) is 0 Å². The Morgan fingerprint density at radius 3 is 2.92 bits per heavy atom. The molecule has 0 heterocycles. The largest absolute Gasteiger partial charge is 0.324 e. The first kappa shape index (κ1) is 10.8. The second-order valence-electron chi connectivity index (χ2n) is 2.77. The van der Waals surface area contributed by atoms with Crippen molar-refractivity contribution >= 4 is 27.5 Å². The first-order valence-electron chi connectivity index (χ1n) is 3.97. The summed E-state index contributed by atoms with van der Waals surface area (Å²) in [6, 6.07) is 5.68. The quantitative estimate of drug-likeness (QED) is 0.825. The maximum atomic E-state index is 6.06. The molecule has 0 saturated carbocycles. The monoisotopic (exact) mass is 259 g/mol. The maximum absolute atomic E-state index is 6.06. The summed E-state index contributed by atoms with van der Waals surface area (Å²) in [4.78, 5) is 0. The van der Waals surface area contributed by atoms with E-state index in [4.69, 9.17) is 17.3 Å². The molecule has 1 nitrogen and oxygen atoms in total. The fraction of sp³-hybridized carbons (Fsp3) is 0.200. The lowest BCUT2D eigenvalue weighted by molar-refractivity contribution is 0.741. The van der Waals surface area contributed by atoms with Crippen molar-refractivity contribution in [1.29, 1.82) is 0 Å². The molecular formula is C10H11BrClN. The smallest absolute Gasteiger partial charge is 0.0595 e. The van der Waals surface area contributed by atoms with Gasteiger partial charge in [-0.05, 0) is 34.0 Å². The number of benzene rings is 1. The van der Waals surface area contributed by atoms with Gasteiger partial charge >= 0.3 is 0 Å². The van der Waals surface area contributed by atoms with Crippen molar-refractivity contribution in [3.8, 4) is 0 Å². The van der Waals surface area contributed by atoms with Crippen molar-refractivity contribution < 1.29 is 0 Å². The summed E-state index contributed by atoms with van der Waals surface area (Å²) in [5.74, 6) is 0. The normalized spacial score (nSPS) is 12.5. The highest BCUT2D eigenvalue weighted by molar-refractivity contribution is 9.10. The fourth-order valence-electron chi connectivity index (χ4n) is 1.11. The second kappa shape index (κ2) is 4.80. The van der Waals surface area contributed by atoms with Crippen LogP contribution in [0.15, 0.2) is 35.3 Å². The van der Waals surface area contributed by atoms with Gasteiger partial charge < -0.3 is 5.73 Å². The Labute approximate surface area is 91.7 Å². The first-order chi connectivity index (χ1) is 6.16. The lowest BCUT2D eigenvalue weighted by Crippen LogP contribution is -2.09. The molecule has 70 valence electrons. The zero-order valence-corrected chi connectivity index (χ0v) is 9.48. The Morgan fingerprint density at radius 1 is 1.62 bits per heavy atom. The summed E-state index contributed by atoms with van der Waals surface area (Å²) in [7, 11) is 0. The summed E-state index contributed by atoms with van der Waals surface area (Å²) in [5.41, 5.74) is 6.85. The van der Waals surface area contributed by atoms with E-state index < -0.39 is 0 Å². The number of hydrogen-bond acceptors (Lipinski definition) is 1. The summed E-state index contributed by atoms with van der Waals surface area (Å²) < 4.78 is 0.881. The van der Waals surface area contributed by atoms with E-state index >= 15 is 0 Å². The van der Waals surface area contributed by atoms with Gasteiger partial charge in [0, 0.05) is 10.5 Å². The van der Waals surface area contributed by atoms with E-state index in [1.54, 1.807) is 6.08 Å². The van der Waals surface area contributed by atoms with E-state index in [0.717, 1.165) is 16.5 Å². The van der Waals surface area contributed by atoms with Crippen molar-refractivity contribution in [3.05, 3.63) is 45.9 Å². The van der Waals surface area contributed by atoms with Gasteiger partial charge in [-0.1, -0.05) is 29.8 Å². The van der Waals surface area contributed by atoms with Crippen LogP contribution in [0.25, 0.3) is 0 Å². The maximum Gasteiger partial charge on any atom is 0.0595 e. The van der Waals surface area contributed by atoms with Gasteiger partial charge in [-0.25, -0.2) is 0 Å². The van der Waals surface area contributed by atoms with E-state index in [1.807, 2.05) is 18.2 Å². The number of halogens is 2. The molecule has 3 heteroatoms. The van der Waals surface area contributed by atoms with E-state index in [-0.39, 0.29) is 6.04 Å². The molecule has 1 rings (SSSR count). The van der Waals surface area contributed by atoms with Crippen LogP contribution in [-0.4, -0.2) is 0 Å². The minimum atomic E-state index is -0.0671. The minimum absolute atomic E-state index is 0.0671. The Kier molecular flexibility index (Phi) is 3.97. The van der Waals surface area contributed by atoms with Crippen LogP contribution in [-0.2, 0) is 0 Å². The molecule has 0 aromatic heterocycles. The molecule has 0 fully saturated rings. The average molecular weight is 261 g/mol. The van der Waals surface area contributed by atoms with Crippen molar-refractivity contribution in [3.63, 3.8) is 0 Å². The van der Waals surface area contributed by atoms with Crippen LogP contribution in [0.5, 0.6) is 0 Å². The number of nitrogens with two attached hydrogens (primary N) is 1. The molecule has 13 heavy (non-hydrogen) atoms. The lowest BCUT2D eigenvalue weighted by Gasteiger charge is -2.12. The van der Waals surface area contributed by atoms with E-state index in [1.165, 1.54) is 0 Å². The third-order valence-electron chi connectivity index (χ3n) is 1.80. The van der Waals surface area contributed by atoms with Crippen molar-refractivity contribution in [2.24, 2.45) is 5.73 Å². The first-order valence-corrected chi connectivity index (χ1v) is 5.14. The summed E-state index contributed by atoms with van der Waals surface area (Å²) in [5, 5.41) is 0.692. The van der Waals surface area contributed by atoms with Gasteiger partial charge in [-0.15, -0.1) is 6.58 Å². The van der Waals surface area contributed by atoms with Gasteiger partial charge in [0.1, 0.15) is 0 Å². The molecule has 1 aromatic rings. The van der Waals surface area contributed by atoms with Crippen LogP contribution in [0.1, 0.15) is 18.0 Å². The number of rotatable bonds is 3. The highest BCUT2D eigenvalue weighted by atomic mass is 79.9. The number of hydrogen-bond donors (Lipinski definition) is 1. The average Bonchev–Trinajstić information content (AvgIpc) is 2.10. The highest BCUT2D eigenvalue weighted by Crippen LogP contribution is 2.30. The Hall–Kier alpha value is -0.310. The molecule has 1 atom stereocenters. The van der Waals surface area contributed by atoms with Gasteiger partial charge in [-0.2, -0.15) is 0 Å². The third-order valence-corrected chi connectivity index (χ3v) is 3.11. The molecule has 2 N–H and O–H groups in total. The molecule has 0 radical (unpaired) electrons. The predicted molar refractivity (Wildman–Crippen MR) is 60.9 cm³/mol. The van der Waals surface area contributed by atoms with Gasteiger partial charge in [-0.3, -0.25) is 0 Å². The standard InChI is InChI=1S/C10H11BrClN/c1-2-4-9(13)7-5-3-6-8(11)10(7)12/h2-3,5-6,9H,1,4,13H2. The molecule has 0 amide bonds. The fourth-order valence-corrected chi connectivity index (χ4v) is 1.76. The van der Waals surface area contributed by atoms with Gasteiger partial charge in [0.05, 0.1) is 5.02 Å². The zero-order chi connectivity index (χ0) is 9.84. The van der Waals surface area contributed by atoms with E-state index in [0.29, 0.717) is 5.02 Å².